The maximum Gasteiger partial charge on any atom is 0.416 e. The zero-order valence-corrected chi connectivity index (χ0v) is 13.5. The fraction of sp³-hybridized carbons (Fsp3) is 0.222. The number of hydrogen-bond acceptors (Lipinski definition) is 3. The minimum absolute atomic E-state index is 0.0240. The highest BCUT2D eigenvalue weighted by Crippen LogP contribution is 2.35. The van der Waals surface area contributed by atoms with E-state index in [4.69, 9.17) is 4.74 Å². The van der Waals surface area contributed by atoms with Gasteiger partial charge in [-0.1, -0.05) is 13.0 Å². The van der Waals surface area contributed by atoms with Crippen LogP contribution in [-0.2, 0) is 11.0 Å². The van der Waals surface area contributed by atoms with Crippen LogP contribution in [0.2, 0.25) is 0 Å². The average molecular weight is 350 g/mol. The summed E-state index contributed by atoms with van der Waals surface area (Å²) >= 11 is 0. The van der Waals surface area contributed by atoms with Crippen LogP contribution < -0.4 is 10.1 Å². The number of pyridine rings is 1. The van der Waals surface area contributed by atoms with Gasteiger partial charge in [-0.05, 0) is 42.3 Å². The molecule has 1 amide bonds. The molecule has 2 aromatic rings. The summed E-state index contributed by atoms with van der Waals surface area (Å²) in [6.45, 7) is 2.21. The van der Waals surface area contributed by atoms with Crippen LogP contribution in [-0.4, -0.2) is 17.5 Å². The molecule has 0 aliphatic heterocycles. The number of benzene rings is 1. The lowest BCUT2D eigenvalue weighted by molar-refractivity contribution is -0.137. The minimum atomic E-state index is -4.51. The number of amides is 1. The van der Waals surface area contributed by atoms with Gasteiger partial charge in [0.15, 0.2) is 0 Å². The molecule has 0 unspecified atom stereocenters. The highest BCUT2D eigenvalue weighted by Gasteiger charge is 2.31. The van der Waals surface area contributed by atoms with Gasteiger partial charge >= 0.3 is 6.18 Å². The smallest absolute Gasteiger partial charge is 0.416 e. The molecule has 1 aromatic heterocycles. The van der Waals surface area contributed by atoms with Crippen molar-refractivity contribution in [3.8, 4) is 5.75 Å². The van der Waals surface area contributed by atoms with E-state index in [1.54, 1.807) is 24.5 Å². The number of rotatable bonds is 6. The number of ether oxygens (including phenoxy) is 1. The molecule has 0 aliphatic rings. The van der Waals surface area contributed by atoms with E-state index in [1.165, 1.54) is 18.2 Å². The van der Waals surface area contributed by atoms with Crippen LogP contribution in [0.4, 0.5) is 18.9 Å². The number of alkyl halides is 3. The van der Waals surface area contributed by atoms with E-state index in [0.29, 0.717) is 18.6 Å². The van der Waals surface area contributed by atoms with Gasteiger partial charge in [0.2, 0.25) is 5.91 Å². The third-order valence-corrected chi connectivity index (χ3v) is 3.14. The number of hydrogen-bond donors (Lipinski definition) is 1. The van der Waals surface area contributed by atoms with Gasteiger partial charge < -0.3 is 10.1 Å². The predicted octanol–water partition coefficient (Wildman–Crippen LogP) is 4.54. The van der Waals surface area contributed by atoms with E-state index in [9.17, 15) is 18.0 Å². The molecule has 0 atom stereocenters. The maximum absolute atomic E-state index is 12.9. The zero-order chi connectivity index (χ0) is 18.3. The van der Waals surface area contributed by atoms with Gasteiger partial charge in [-0.3, -0.25) is 9.78 Å². The summed E-state index contributed by atoms with van der Waals surface area (Å²) < 4.78 is 44.1. The van der Waals surface area contributed by atoms with E-state index in [0.717, 1.165) is 12.1 Å². The molecule has 2 rings (SSSR count). The normalized spacial score (nSPS) is 11.5. The first-order valence-electron chi connectivity index (χ1n) is 7.63. The Hall–Kier alpha value is -2.83. The number of nitrogens with one attached hydrogen (secondary N) is 1. The molecule has 25 heavy (non-hydrogen) atoms. The lowest BCUT2D eigenvalue weighted by atomic mass is 10.1. The maximum atomic E-state index is 12.9. The number of carbonyl (C=O) groups excluding carboxylic acids is 1. The summed E-state index contributed by atoms with van der Waals surface area (Å²) in [7, 11) is 0. The monoisotopic (exact) mass is 350 g/mol. The van der Waals surface area contributed by atoms with Crippen molar-refractivity contribution >= 4 is 17.7 Å². The average Bonchev–Trinajstić information content (AvgIpc) is 2.59. The number of anilines is 1. The van der Waals surface area contributed by atoms with Crippen LogP contribution in [0.1, 0.15) is 24.5 Å². The third-order valence-electron chi connectivity index (χ3n) is 3.14. The first-order chi connectivity index (χ1) is 11.9. The Balaban J connectivity index is 2.19. The summed E-state index contributed by atoms with van der Waals surface area (Å²) in [5, 5.41) is 2.43. The largest absolute Gasteiger partial charge is 0.491 e. The SMILES string of the molecule is CCCOc1ccc(C(F)(F)F)cc1NC(=O)/C=C/c1cccnc1. The van der Waals surface area contributed by atoms with Gasteiger partial charge in [-0.15, -0.1) is 0 Å². The molecule has 0 spiro atoms. The minimum Gasteiger partial charge on any atom is -0.491 e. The molecule has 1 heterocycles. The Morgan fingerprint density at radius 3 is 2.76 bits per heavy atom. The Kier molecular flexibility index (Phi) is 6.16. The zero-order valence-electron chi connectivity index (χ0n) is 13.5. The van der Waals surface area contributed by atoms with E-state index >= 15 is 0 Å². The highest BCUT2D eigenvalue weighted by molar-refractivity contribution is 6.02. The molecule has 0 fully saturated rings. The van der Waals surface area contributed by atoms with Crippen molar-refractivity contribution in [3.63, 3.8) is 0 Å². The second-order valence-electron chi connectivity index (χ2n) is 5.17. The lowest BCUT2D eigenvalue weighted by Gasteiger charge is -2.14. The van der Waals surface area contributed by atoms with Crippen molar-refractivity contribution < 1.29 is 22.7 Å². The van der Waals surface area contributed by atoms with Crippen molar-refractivity contribution in [2.24, 2.45) is 0 Å². The fourth-order valence-electron chi connectivity index (χ4n) is 1.96. The van der Waals surface area contributed by atoms with Crippen LogP contribution in [0.3, 0.4) is 0 Å². The third kappa shape index (κ3) is 5.63. The first kappa shape index (κ1) is 18.5. The van der Waals surface area contributed by atoms with Gasteiger partial charge in [-0.25, -0.2) is 0 Å². The molecule has 1 N–H and O–H groups in total. The van der Waals surface area contributed by atoms with Gasteiger partial charge in [0.05, 0.1) is 17.9 Å². The fourth-order valence-corrected chi connectivity index (χ4v) is 1.96. The molecular formula is C18H17F3N2O2. The highest BCUT2D eigenvalue weighted by atomic mass is 19.4. The van der Waals surface area contributed by atoms with Crippen LogP contribution in [0.5, 0.6) is 5.75 Å². The standard InChI is InChI=1S/C18H17F3N2O2/c1-2-10-25-16-7-6-14(18(19,20)21)11-15(16)23-17(24)8-5-13-4-3-9-22-12-13/h3-9,11-12H,2,10H2,1H3,(H,23,24)/b8-5+. The van der Waals surface area contributed by atoms with Crippen LogP contribution in [0, 0.1) is 0 Å². The van der Waals surface area contributed by atoms with E-state index in [-0.39, 0.29) is 11.4 Å². The number of nitrogens with zero attached hydrogens (tertiary/aromatic N) is 1. The number of aromatic nitrogens is 1. The van der Waals surface area contributed by atoms with Crippen molar-refractivity contribution in [1.29, 1.82) is 0 Å². The van der Waals surface area contributed by atoms with Crippen LogP contribution in [0.25, 0.3) is 6.08 Å². The molecule has 0 saturated heterocycles. The van der Waals surface area contributed by atoms with E-state index in [1.807, 2.05) is 6.92 Å². The molecular weight excluding hydrogens is 333 g/mol. The van der Waals surface area contributed by atoms with Gasteiger partial charge in [0, 0.05) is 18.5 Å². The Morgan fingerprint density at radius 2 is 2.12 bits per heavy atom. The lowest BCUT2D eigenvalue weighted by Crippen LogP contribution is -2.12. The molecule has 0 aliphatic carbocycles. The van der Waals surface area contributed by atoms with Crippen LogP contribution >= 0.6 is 0 Å². The molecule has 0 radical (unpaired) electrons. The Labute approximate surface area is 143 Å². The van der Waals surface area contributed by atoms with Gasteiger partial charge in [0.1, 0.15) is 5.75 Å². The predicted molar refractivity (Wildman–Crippen MR) is 89.1 cm³/mol. The Bertz CT molecular complexity index is 744. The summed E-state index contributed by atoms with van der Waals surface area (Å²) in [6, 6.07) is 6.45. The second kappa shape index (κ2) is 8.32. The number of carbonyl (C=O) groups is 1. The van der Waals surface area contributed by atoms with Crippen molar-refractivity contribution in [3.05, 3.63) is 59.9 Å². The van der Waals surface area contributed by atoms with Crippen molar-refractivity contribution in [2.75, 3.05) is 11.9 Å². The van der Waals surface area contributed by atoms with Crippen LogP contribution in [0.15, 0.2) is 48.8 Å². The van der Waals surface area contributed by atoms with Crippen molar-refractivity contribution in [1.82, 2.24) is 4.98 Å². The quantitative estimate of drug-likeness (QED) is 0.778. The summed E-state index contributed by atoms with van der Waals surface area (Å²) in [5.74, 6) is -0.373. The Morgan fingerprint density at radius 1 is 1.32 bits per heavy atom. The second-order valence-corrected chi connectivity index (χ2v) is 5.17. The van der Waals surface area contributed by atoms with E-state index in [2.05, 4.69) is 10.3 Å². The van der Waals surface area contributed by atoms with E-state index < -0.39 is 17.6 Å². The summed E-state index contributed by atoms with van der Waals surface area (Å²) in [6.07, 6.45) is 2.08. The first-order valence-corrected chi connectivity index (χ1v) is 7.63. The topological polar surface area (TPSA) is 51.2 Å². The van der Waals surface area contributed by atoms with Gasteiger partial charge in [-0.2, -0.15) is 13.2 Å². The molecule has 4 nitrogen and oxygen atoms in total. The molecule has 1 aromatic carbocycles. The summed E-state index contributed by atoms with van der Waals surface area (Å²) in [4.78, 5) is 15.9. The molecule has 7 heteroatoms. The molecule has 0 saturated carbocycles. The molecule has 0 bridgehead atoms. The molecule has 132 valence electrons. The van der Waals surface area contributed by atoms with Crippen molar-refractivity contribution in [2.45, 2.75) is 19.5 Å². The number of halogens is 3. The van der Waals surface area contributed by atoms with Gasteiger partial charge in [0.25, 0.3) is 0 Å². The summed E-state index contributed by atoms with van der Waals surface area (Å²) in [5.41, 5.74) is -0.184.